The van der Waals surface area contributed by atoms with Crippen LogP contribution in [0.5, 0.6) is 0 Å². The smallest absolute Gasteiger partial charge is 0.224 e. The van der Waals surface area contributed by atoms with E-state index in [9.17, 15) is 9.59 Å². The number of amides is 2. The first-order chi connectivity index (χ1) is 11.2. The van der Waals surface area contributed by atoms with E-state index in [1.165, 1.54) is 32.1 Å². The molecule has 0 unspecified atom stereocenters. The number of carbonyl (C=O) groups excluding carboxylic acids is 2. The van der Waals surface area contributed by atoms with Crippen LogP contribution in [0, 0.1) is 5.92 Å². The molecule has 4 nitrogen and oxygen atoms in total. The average Bonchev–Trinajstić information content (AvgIpc) is 3.06. The van der Waals surface area contributed by atoms with Gasteiger partial charge >= 0.3 is 0 Å². The van der Waals surface area contributed by atoms with Crippen molar-refractivity contribution in [3.05, 3.63) is 35.9 Å². The van der Waals surface area contributed by atoms with E-state index >= 15 is 0 Å². The molecule has 23 heavy (non-hydrogen) atoms. The first-order valence-corrected chi connectivity index (χ1v) is 8.81. The van der Waals surface area contributed by atoms with Gasteiger partial charge in [0.15, 0.2) is 0 Å². The third kappa shape index (κ3) is 7.31. The van der Waals surface area contributed by atoms with Gasteiger partial charge < -0.3 is 10.6 Å². The summed E-state index contributed by atoms with van der Waals surface area (Å²) in [7, 11) is 0. The maximum atomic E-state index is 11.8. The highest BCUT2D eigenvalue weighted by atomic mass is 16.2. The maximum absolute atomic E-state index is 11.8. The summed E-state index contributed by atoms with van der Waals surface area (Å²) < 4.78 is 0. The number of hydrogen-bond acceptors (Lipinski definition) is 2. The Morgan fingerprint density at radius 1 is 0.957 bits per heavy atom. The molecule has 1 saturated carbocycles. The van der Waals surface area contributed by atoms with Crippen molar-refractivity contribution in [2.24, 2.45) is 5.92 Å². The van der Waals surface area contributed by atoms with Gasteiger partial charge in [0.25, 0.3) is 0 Å². The quantitative estimate of drug-likeness (QED) is 0.688. The van der Waals surface area contributed by atoms with Crippen LogP contribution < -0.4 is 10.6 Å². The third-order valence-electron chi connectivity index (χ3n) is 4.47. The highest BCUT2D eigenvalue weighted by Crippen LogP contribution is 2.28. The highest BCUT2D eigenvalue weighted by Gasteiger charge is 2.14. The van der Waals surface area contributed by atoms with Gasteiger partial charge in [-0.05, 0) is 24.3 Å². The third-order valence-corrected chi connectivity index (χ3v) is 4.47. The van der Waals surface area contributed by atoms with Crippen LogP contribution in [0.4, 0.5) is 0 Å². The summed E-state index contributed by atoms with van der Waals surface area (Å²) in [6.07, 6.45) is 8.49. The van der Waals surface area contributed by atoms with Crippen LogP contribution in [0.3, 0.4) is 0 Å². The zero-order chi connectivity index (χ0) is 16.3. The molecule has 1 aromatic carbocycles. The first-order valence-electron chi connectivity index (χ1n) is 8.81. The Morgan fingerprint density at radius 3 is 2.39 bits per heavy atom. The fourth-order valence-electron chi connectivity index (χ4n) is 3.17. The molecule has 0 aliphatic heterocycles. The fraction of sp³-hybridized carbons (Fsp3) is 0.579. The molecule has 0 radical (unpaired) electrons. The Kier molecular flexibility index (Phi) is 7.64. The van der Waals surface area contributed by atoms with E-state index < -0.39 is 0 Å². The van der Waals surface area contributed by atoms with Gasteiger partial charge in [-0.1, -0.05) is 56.0 Å². The number of carbonyl (C=O) groups is 2. The van der Waals surface area contributed by atoms with Crippen molar-refractivity contribution in [2.75, 3.05) is 13.1 Å². The molecule has 1 aliphatic rings. The number of benzene rings is 1. The van der Waals surface area contributed by atoms with E-state index in [1.807, 2.05) is 30.3 Å². The monoisotopic (exact) mass is 316 g/mol. The van der Waals surface area contributed by atoms with Crippen molar-refractivity contribution in [2.45, 2.75) is 51.4 Å². The van der Waals surface area contributed by atoms with Crippen LogP contribution in [-0.2, 0) is 16.0 Å². The van der Waals surface area contributed by atoms with Gasteiger partial charge in [0.2, 0.25) is 11.8 Å². The van der Waals surface area contributed by atoms with Gasteiger partial charge in [-0.25, -0.2) is 0 Å². The fourth-order valence-corrected chi connectivity index (χ4v) is 3.17. The number of rotatable bonds is 9. The molecule has 2 amide bonds. The predicted octanol–water partition coefficient (Wildman–Crippen LogP) is 2.82. The Balaban J connectivity index is 1.48. The SMILES string of the molecule is O=C(CCNC(=O)Cc1ccccc1)NCCCC1CCCC1. The van der Waals surface area contributed by atoms with Crippen LogP contribution in [0.1, 0.15) is 50.5 Å². The van der Waals surface area contributed by atoms with E-state index in [-0.39, 0.29) is 11.8 Å². The molecule has 126 valence electrons. The molecular weight excluding hydrogens is 288 g/mol. The molecule has 1 fully saturated rings. The van der Waals surface area contributed by atoms with Crippen molar-refractivity contribution >= 4 is 11.8 Å². The van der Waals surface area contributed by atoms with E-state index in [4.69, 9.17) is 0 Å². The van der Waals surface area contributed by atoms with Crippen LogP contribution >= 0.6 is 0 Å². The summed E-state index contributed by atoms with van der Waals surface area (Å²) in [6, 6.07) is 9.62. The minimum Gasteiger partial charge on any atom is -0.356 e. The van der Waals surface area contributed by atoms with Crippen LogP contribution in [0.2, 0.25) is 0 Å². The van der Waals surface area contributed by atoms with Gasteiger partial charge in [0, 0.05) is 19.5 Å². The summed E-state index contributed by atoms with van der Waals surface area (Å²) >= 11 is 0. The molecule has 0 bridgehead atoms. The lowest BCUT2D eigenvalue weighted by atomic mass is 10.0. The van der Waals surface area contributed by atoms with Gasteiger partial charge in [0.05, 0.1) is 6.42 Å². The highest BCUT2D eigenvalue weighted by molar-refractivity contribution is 5.80. The summed E-state index contributed by atoms with van der Waals surface area (Å²) in [5.74, 6) is 0.867. The van der Waals surface area contributed by atoms with Crippen molar-refractivity contribution in [1.82, 2.24) is 10.6 Å². The molecule has 0 saturated heterocycles. The van der Waals surface area contributed by atoms with Crippen LogP contribution in [0.15, 0.2) is 30.3 Å². The first kappa shape index (κ1) is 17.5. The van der Waals surface area contributed by atoms with Crippen molar-refractivity contribution in [1.29, 1.82) is 0 Å². The zero-order valence-electron chi connectivity index (χ0n) is 13.9. The van der Waals surface area contributed by atoms with Gasteiger partial charge in [0.1, 0.15) is 0 Å². The van der Waals surface area contributed by atoms with Gasteiger partial charge in [-0.15, -0.1) is 0 Å². The second-order valence-corrected chi connectivity index (χ2v) is 6.40. The summed E-state index contributed by atoms with van der Waals surface area (Å²) in [6.45, 7) is 1.16. The molecule has 1 aromatic rings. The summed E-state index contributed by atoms with van der Waals surface area (Å²) in [5.41, 5.74) is 0.987. The zero-order valence-corrected chi connectivity index (χ0v) is 13.9. The van der Waals surface area contributed by atoms with E-state index in [1.54, 1.807) is 0 Å². The Morgan fingerprint density at radius 2 is 1.65 bits per heavy atom. The molecular formula is C19H28N2O2. The topological polar surface area (TPSA) is 58.2 Å². The normalized spacial score (nSPS) is 14.6. The minimum atomic E-state index is -0.0368. The molecule has 2 N–H and O–H groups in total. The van der Waals surface area contributed by atoms with Crippen LogP contribution in [-0.4, -0.2) is 24.9 Å². The molecule has 2 rings (SSSR count). The Hall–Kier alpha value is -1.84. The number of nitrogens with one attached hydrogen (secondary N) is 2. The number of hydrogen-bond donors (Lipinski definition) is 2. The molecule has 0 heterocycles. The van der Waals surface area contributed by atoms with Crippen molar-refractivity contribution in [3.8, 4) is 0 Å². The summed E-state index contributed by atoms with van der Waals surface area (Å²) in [4.78, 5) is 23.5. The second-order valence-electron chi connectivity index (χ2n) is 6.40. The molecule has 1 aliphatic carbocycles. The van der Waals surface area contributed by atoms with E-state index in [2.05, 4.69) is 10.6 Å². The molecule has 0 spiro atoms. The Bertz CT molecular complexity index is 481. The van der Waals surface area contributed by atoms with E-state index in [0.29, 0.717) is 19.4 Å². The average molecular weight is 316 g/mol. The minimum absolute atomic E-state index is 0.0245. The molecule has 4 heteroatoms. The Labute approximate surface area is 139 Å². The second kappa shape index (κ2) is 10.0. The van der Waals surface area contributed by atoms with Crippen molar-refractivity contribution < 1.29 is 9.59 Å². The predicted molar refractivity (Wildman–Crippen MR) is 92.0 cm³/mol. The largest absolute Gasteiger partial charge is 0.356 e. The van der Waals surface area contributed by atoms with Gasteiger partial charge in [-0.3, -0.25) is 9.59 Å². The molecule has 0 atom stereocenters. The standard InChI is InChI=1S/C19H28N2O2/c22-18(20-13-6-11-16-7-4-5-8-16)12-14-21-19(23)15-17-9-2-1-3-10-17/h1-3,9-10,16H,4-8,11-15H2,(H,20,22)(H,21,23). The van der Waals surface area contributed by atoms with E-state index in [0.717, 1.165) is 24.4 Å². The lowest BCUT2D eigenvalue weighted by molar-refractivity contribution is -0.122. The molecule has 0 aromatic heterocycles. The van der Waals surface area contributed by atoms with Gasteiger partial charge in [-0.2, -0.15) is 0 Å². The summed E-state index contributed by atoms with van der Waals surface area (Å²) in [5, 5.41) is 5.74. The lowest BCUT2D eigenvalue weighted by Crippen LogP contribution is -2.32. The van der Waals surface area contributed by atoms with Crippen molar-refractivity contribution in [3.63, 3.8) is 0 Å². The maximum Gasteiger partial charge on any atom is 0.224 e. The lowest BCUT2D eigenvalue weighted by Gasteiger charge is -2.09. The van der Waals surface area contributed by atoms with Crippen LogP contribution in [0.25, 0.3) is 0 Å².